The van der Waals surface area contributed by atoms with Gasteiger partial charge in [0.15, 0.2) is 17.4 Å². The largest absolute Gasteiger partial charge is 0.459 e. The maximum Gasteiger partial charge on any atom is 0.287 e. The first-order valence-electron chi connectivity index (χ1n) is 6.72. The summed E-state index contributed by atoms with van der Waals surface area (Å²) in [6.07, 6.45) is 1.40. The quantitative estimate of drug-likeness (QED) is 0.599. The Kier molecular flexibility index (Phi) is 6.16. The maximum atomic E-state index is 13.0. The fraction of sp³-hybridized carbons (Fsp3) is 0.200. The van der Waals surface area contributed by atoms with Crippen LogP contribution in [0, 0.1) is 11.6 Å². The van der Waals surface area contributed by atoms with Gasteiger partial charge in [0.25, 0.3) is 5.91 Å². The topological polar surface area (TPSA) is 71.3 Å². The molecule has 2 amide bonds. The molecule has 0 fully saturated rings. The first-order valence-corrected chi connectivity index (χ1v) is 7.71. The zero-order chi connectivity index (χ0) is 16.7. The molecule has 2 N–H and O–H groups in total. The molecule has 0 radical (unpaired) electrons. The third-order valence-electron chi connectivity index (χ3n) is 2.74. The number of carbonyl (C=O) groups excluding carboxylic acids is 2. The molecule has 0 unspecified atom stereocenters. The number of hydrogen-bond acceptors (Lipinski definition) is 4. The summed E-state index contributed by atoms with van der Waals surface area (Å²) in [4.78, 5) is 23.6. The van der Waals surface area contributed by atoms with Gasteiger partial charge in [0.2, 0.25) is 5.91 Å². The highest BCUT2D eigenvalue weighted by molar-refractivity contribution is 8.00. The smallest absolute Gasteiger partial charge is 0.287 e. The normalized spacial score (nSPS) is 10.3. The molecule has 0 spiro atoms. The molecule has 5 nitrogen and oxygen atoms in total. The van der Waals surface area contributed by atoms with Crippen molar-refractivity contribution in [3.05, 3.63) is 54.0 Å². The number of hydrogen-bond donors (Lipinski definition) is 2. The zero-order valence-electron chi connectivity index (χ0n) is 12.0. The van der Waals surface area contributed by atoms with Gasteiger partial charge in [0.05, 0.1) is 12.0 Å². The average Bonchev–Trinajstić information content (AvgIpc) is 3.07. The standard InChI is InChI=1S/C15H14F2N2O3S/c16-11-4-3-10(8-12(11)17)23-9-14(20)18-5-6-19-15(21)13-2-1-7-22-13/h1-4,7-8H,5-6,9H2,(H,18,20)(H,19,21). The van der Waals surface area contributed by atoms with Crippen molar-refractivity contribution in [1.29, 1.82) is 0 Å². The Morgan fingerprint density at radius 2 is 1.87 bits per heavy atom. The second-order valence-corrected chi connectivity index (χ2v) is 5.50. The van der Waals surface area contributed by atoms with Crippen LogP contribution >= 0.6 is 11.8 Å². The molecule has 8 heteroatoms. The minimum atomic E-state index is -0.948. The molecule has 1 heterocycles. The predicted molar refractivity (Wildman–Crippen MR) is 81.1 cm³/mol. The van der Waals surface area contributed by atoms with Crippen molar-refractivity contribution in [3.63, 3.8) is 0 Å². The second-order valence-electron chi connectivity index (χ2n) is 4.45. The number of amides is 2. The molecule has 0 atom stereocenters. The number of rotatable bonds is 7. The van der Waals surface area contributed by atoms with Gasteiger partial charge in [0.1, 0.15) is 0 Å². The van der Waals surface area contributed by atoms with E-state index < -0.39 is 11.6 Å². The van der Waals surface area contributed by atoms with E-state index >= 15 is 0 Å². The molecule has 0 aliphatic rings. The lowest BCUT2D eigenvalue weighted by atomic mass is 10.3. The Hall–Kier alpha value is -2.35. The molecule has 2 rings (SSSR count). The first-order chi connectivity index (χ1) is 11.1. The Balaban J connectivity index is 1.63. The van der Waals surface area contributed by atoms with Crippen molar-refractivity contribution in [2.75, 3.05) is 18.8 Å². The van der Waals surface area contributed by atoms with E-state index in [1.54, 1.807) is 6.07 Å². The van der Waals surface area contributed by atoms with Crippen molar-refractivity contribution in [2.45, 2.75) is 4.90 Å². The number of furan rings is 1. The summed E-state index contributed by atoms with van der Waals surface area (Å²) in [6.45, 7) is 0.505. The van der Waals surface area contributed by atoms with Crippen LogP contribution in [0.5, 0.6) is 0 Å². The highest BCUT2D eigenvalue weighted by atomic mass is 32.2. The molecule has 1 aromatic carbocycles. The van der Waals surface area contributed by atoms with E-state index in [4.69, 9.17) is 4.42 Å². The van der Waals surface area contributed by atoms with Crippen LogP contribution in [0.15, 0.2) is 45.9 Å². The van der Waals surface area contributed by atoms with E-state index in [0.717, 1.165) is 23.9 Å². The minimum absolute atomic E-state index is 0.0667. The van der Waals surface area contributed by atoms with Crippen LogP contribution in [-0.2, 0) is 4.79 Å². The lowest BCUT2D eigenvalue weighted by Gasteiger charge is -2.06. The molecule has 2 aromatic rings. The molecule has 0 saturated heterocycles. The fourth-order valence-corrected chi connectivity index (χ4v) is 2.39. The molecule has 122 valence electrons. The predicted octanol–water partition coefficient (Wildman–Crippen LogP) is 2.20. The molecule has 0 aliphatic carbocycles. The summed E-state index contributed by atoms with van der Waals surface area (Å²) in [5.74, 6) is -2.24. The van der Waals surface area contributed by atoms with Gasteiger partial charge in [-0.15, -0.1) is 11.8 Å². The van der Waals surface area contributed by atoms with Crippen LogP contribution in [0.1, 0.15) is 10.6 Å². The summed E-state index contributed by atoms with van der Waals surface area (Å²) in [5, 5.41) is 5.19. The fourth-order valence-electron chi connectivity index (χ4n) is 1.64. The Bertz CT molecular complexity index is 677. The van der Waals surface area contributed by atoms with Crippen molar-refractivity contribution in [1.82, 2.24) is 10.6 Å². The maximum absolute atomic E-state index is 13.0. The molecular weight excluding hydrogens is 326 g/mol. The van der Waals surface area contributed by atoms with Gasteiger partial charge in [-0.3, -0.25) is 9.59 Å². The van der Waals surface area contributed by atoms with Crippen LogP contribution in [-0.4, -0.2) is 30.7 Å². The summed E-state index contributed by atoms with van der Waals surface area (Å²) in [6, 6.07) is 6.59. The monoisotopic (exact) mass is 340 g/mol. The zero-order valence-corrected chi connectivity index (χ0v) is 12.8. The third kappa shape index (κ3) is 5.41. The minimum Gasteiger partial charge on any atom is -0.459 e. The molecule has 23 heavy (non-hydrogen) atoms. The highest BCUT2D eigenvalue weighted by Gasteiger charge is 2.08. The number of benzene rings is 1. The summed E-state index contributed by atoms with van der Waals surface area (Å²) in [7, 11) is 0. The summed E-state index contributed by atoms with van der Waals surface area (Å²) in [5.41, 5.74) is 0. The van der Waals surface area contributed by atoms with Gasteiger partial charge < -0.3 is 15.1 Å². The number of halogens is 2. The molecule has 0 bridgehead atoms. The van der Waals surface area contributed by atoms with E-state index in [2.05, 4.69) is 10.6 Å². The summed E-state index contributed by atoms with van der Waals surface area (Å²) >= 11 is 1.09. The lowest BCUT2D eigenvalue weighted by molar-refractivity contribution is -0.118. The van der Waals surface area contributed by atoms with Crippen molar-refractivity contribution in [3.8, 4) is 0 Å². The van der Waals surface area contributed by atoms with E-state index in [0.29, 0.717) is 4.90 Å². The Labute approximate surface area is 135 Å². The van der Waals surface area contributed by atoms with Crippen LogP contribution < -0.4 is 10.6 Å². The van der Waals surface area contributed by atoms with Gasteiger partial charge in [-0.25, -0.2) is 8.78 Å². The number of thioether (sulfide) groups is 1. The third-order valence-corrected chi connectivity index (χ3v) is 3.73. The van der Waals surface area contributed by atoms with E-state index in [-0.39, 0.29) is 36.4 Å². The van der Waals surface area contributed by atoms with Gasteiger partial charge >= 0.3 is 0 Å². The van der Waals surface area contributed by atoms with Crippen LogP contribution in [0.3, 0.4) is 0 Å². The Morgan fingerprint density at radius 3 is 2.57 bits per heavy atom. The van der Waals surface area contributed by atoms with Crippen LogP contribution in [0.4, 0.5) is 8.78 Å². The summed E-state index contributed by atoms with van der Waals surface area (Å²) < 4.78 is 30.7. The van der Waals surface area contributed by atoms with E-state index in [1.165, 1.54) is 18.4 Å². The van der Waals surface area contributed by atoms with Gasteiger partial charge in [0, 0.05) is 18.0 Å². The highest BCUT2D eigenvalue weighted by Crippen LogP contribution is 2.19. The first kappa shape index (κ1) is 17.0. The number of nitrogens with one attached hydrogen (secondary N) is 2. The van der Waals surface area contributed by atoms with Crippen LogP contribution in [0.25, 0.3) is 0 Å². The van der Waals surface area contributed by atoms with Crippen molar-refractivity contribution < 1.29 is 22.8 Å². The molecule has 0 aliphatic heterocycles. The van der Waals surface area contributed by atoms with Gasteiger partial charge in [-0.05, 0) is 30.3 Å². The van der Waals surface area contributed by atoms with Crippen molar-refractivity contribution in [2.24, 2.45) is 0 Å². The second kappa shape index (κ2) is 8.33. The van der Waals surface area contributed by atoms with E-state index in [1.807, 2.05) is 0 Å². The molecule has 0 saturated carbocycles. The van der Waals surface area contributed by atoms with E-state index in [9.17, 15) is 18.4 Å². The van der Waals surface area contributed by atoms with Gasteiger partial charge in [-0.1, -0.05) is 0 Å². The van der Waals surface area contributed by atoms with Gasteiger partial charge in [-0.2, -0.15) is 0 Å². The van der Waals surface area contributed by atoms with Crippen LogP contribution in [0.2, 0.25) is 0 Å². The SMILES string of the molecule is O=C(CSc1ccc(F)c(F)c1)NCCNC(=O)c1ccco1. The Morgan fingerprint density at radius 1 is 1.09 bits per heavy atom. The molecular formula is C15H14F2N2O3S. The number of carbonyl (C=O) groups is 2. The average molecular weight is 340 g/mol. The molecule has 1 aromatic heterocycles. The van der Waals surface area contributed by atoms with Crippen molar-refractivity contribution >= 4 is 23.6 Å². The lowest BCUT2D eigenvalue weighted by Crippen LogP contribution is -2.35.